The van der Waals surface area contributed by atoms with E-state index in [0.29, 0.717) is 38.4 Å². The molecule has 2 heterocycles. The summed E-state index contributed by atoms with van der Waals surface area (Å²) in [5.74, 6) is 0.865. The zero-order chi connectivity index (χ0) is 20.6. The van der Waals surface area contributed by atoms with Gasteiger partial charge in [-0.3, -0.25) is 0 Å². The summed E-state index contributed by atoms with van der Waals surface area (Å²) >= 11 is 5.99. The highest BCUT2D eigenvalue weighted by atomic mass is 35.5. The first-order valence-corrected chi connectivity index (χ1v) is 10.8. The molecule has 0 saturated carbocycles. The molecule has 0 atom stereocenters. The summed E-state index contributed by atoms with van der Waals surface area (Å²) in [6.45, 7) is 3.70. The number of aromatic nitrogens is 2. The molecule has 0 fully saturated rings. The van der Waals surface area contributed by atoms with Gasteiger partial charge in [-0.1, -0.05) is 46.6 Å². The average molecular weight is 429 g/mol. The molecule has 2 aromatic carbocycles. The smallest absolute Gasteiger partial charge is 0.293 e. The molecule has 0 saturated heterocycles. The predicted molar refractivity (Wildman–Crippen MR) is 109 cm³/mol. The topological polar surface area (TPSA) is 86.2 Å². The van der Waals surface area contributed by atoms with E-state index < -0.39 is 9.84 Å². The average Bonchev–Trinajstić information content (AvgIpc) is 3.30. The van der Waals surface area contributed by atoms with Crippen molar-refractivity contribution < 1.29 is 17.4 Å². The largest absolute Gasteiger partial charge is 0.455 e. The molecule has 0 aliphatic heterocycles. The van der Waals surface area contributed by atoms with Crippen molar-refractivity contribution in [3.05, 3.63) is 76.5 Å². The van der Waals surface area contributed by atoms with Crippen LogP contribution >= 0.6 is 11.6 Å². The Morgan fingerprint density at radius 2 is 1.86 bits per heavy atom. The minimum Gasteiger partial charge on any atom is -0.455 e. The van der Waals surface area contributed by atoms with Crippen LogP contribution in [0.5, 0.6) is 0 Å². The van der Waals surface area contributed by atoms with Crippen LogP contribution < -0.4 is 0 Å². The van der Waals surface area contributed by atoms with E-state index in [1.165, 1.54) is 0 Å². The van der Waals surface area contributed by atoms with Crippen LogP contribution in [-0.4, -0.2) is 18.6 Å². The van der Waals surface area contributed by atoms with Crippen molar-refractivity contribution in [2.24, 2.45) is 0 Å². The maximum Gasteiger partial charge on any atom is 0.293 e. The standard InChI is InChI=1S/C21H17ClN2O4S/c1-13-6-9-19(14(2)10-13)29(25,26)12-17-7-8-18(27-17)21-23-20(24-28-21)15-4-3-5-16(22)11-15/h3-11H,12H2,1-2H3. The summed E-state index contributed by atoms with van der Waals surface area (Å²) in [5, 5.41) is 4.49. The van der Waals surface area contributed by atoms with Gasteiger partial charge in [0.1, 0.15) is 11.5 Å². The van der Waals surface area contributed by atoms with Crippen LogP contribution in [0.3, 0.4) is 0 Å². The number of furan rings is 1. The third-order valence-electron chi connectivity index (χ3n) is 4.38. The summed E-state index contributed by atoms with van der Waals surface area (Å²) < 4.78 is 36.5. The fraction of sp³-hybridized carbons (Fsp3) is 0.143. The summed E-state index contributed by atoms with van der Waals surface area (Å²) in [7, 11) is -3.55. The Kier molecular flexibility index (Phi) is 5.02. The molecule has 2 aromatic heterocycles. The van der Waals surface area contributed by atoms with Gasteiger partial charge in [-0.25, -0.2) is 8.42 Å². The first-order valence-electron chi connectivity index (χ1n) is 8.80. The monoisotopic (exact) mass is 428 g/mol. The Balaban J connectivity index is 1.57. The highest BCUT2D eigenvalue weighted by molar-refractivity contribution is 7.90. The lowest BCUT2D eigenvalue weighted by Crippen LogP contribution is -2.06. The molecule has 8 heteroatoms. The van der Waals surface area contributed by atoms with E-state index >= 15 is 0 Å². The van der Waals surface area contributed by atoms with Gasteiger partial charge in [-0.05, 0) is 49.7 Å². The zero-order valence-corrected chi connectivity index (χ0v) is 17.3. The van der Waals surface area contributed by atoms with Crippen molar-refractivity contribution >= 4 is 21.4 Å². The molecule has 29 heavy (non-hydrogen) atoms. The van der Waals surface area contributed by atoms with Gasteiger partial charge in [-0.2, -0.15) is 4.98 Å². The summed E-state index contributed by atoms with van der Waals surface area (Å²) in [6.07, 6.45) is 0. The molecule has 0 bridgehead atoms. The summed E-state index contributed by atoms with van der Waals surface area (Å²) in [6, 6.07) is 15.5. The lowest BCUT2D eigenvalue weighted by molar-refractivity contribution is 0.413. The second-order valence-corrected chi connectivity index (χ2v) is 9.12. The number of aryl methyl sites for hydroxylation is 2. The zero-order valence-electron chi connectivity index (χ0n) is 15.7. The Labute approximate surface area is 173 Å². The SMILES string of the molecule is Cc1ccc(S(=O)(=O)Cc2ccc(-c3nc(-c4cccc(Cl)c4)no3)o2)c(C)c1. The van der Waals surface area contributed by atoms with E-state index in [1.807, 2.05) is 19.1 Å². The highest BCUT2D eigenvalue weighted by Crippen LogP contribution is 2.27. The van der Waals surface area contributed by atoms with Crippen LogP contribution in [0, 0.1) is 13.8 Å². The van der Waals surface area contributed by atoms with Crippen molar-refractivity contribution in [2.75, 3.05) is 0 Å². The van der Waals surface area contributed by atoms with Crippen molar-refractivity contribution in [1.29, 1.82) is 0 Å². The van der Waals surface area contributed by atoms with Crippen molar-refractivity contribution in [1.82, 2.24) is 10.1 Å². The fourth-order valence-electron chi connectivity index (χ4n) is 3.05. The van der Waals surface area contributed by atoms with Crippen LogP contribution in [-0.2, 0) is 15.6 Å². The Morgan fingerprint density at radius 3 is 2.62 bits per heavy atom. The number of halogens is 1. The lowest BCUT2D eigenvalue weighted by atomic mass is 10.2. The molecule has 0 radical (unpaired) electrons. The first-order chi connectivity index (χ1) is 13.8. The van der Waals surface area contributed by atoms with E-state index in [2.05, 4.69) is 10.1 Å². The summed E-state index contributed by atoms with van der Waals surface area (Å²) in [4.78, 5) is 4.60. The van der Waals surface area contributed by atoms with Gasteiger partial charge in [0, 0.05) is 10.6 Å². The molecule has 0 unspecified atom stereocenters. The van der Waals surface area contributed by atoms with Crippen molar-refractivity contribution in [3.8, 4) is 23.0 Å². The Hall–Kier alpha value is -2.90. The number of hydrogen-bond donors (Lipinski definition) is 0. The number of benzene rings is 2. The van der Waals surface area contributed by atoms with Crippen LogP contribution in [0.15, 0.2) is 68.4 Å². The van der Waals surface area contributed by atoms with Gasteiger partial charge in [-0.15, -0.1) is 0 Å². The van der Waals surface area contributed by atoms with Crippen LogP contribution in [0.25, 0.3) is 23.0 Å². The van der Waals surface area contributed by atoms with E-state index in [0.717, 1.165) is 5.56 Å². The number of nitrogens with zero attached hydrogens (tertiary/aromatic N) is 2. The molecule has 4 aromatic rings. The second-order valence-electron chi connectivity index (χ2n) is 6.73. The maximum absolute atomic E-state index is 12.8. The van der Waals surface area contributed by atoms with Crippen LogP contribution in [0.4, 0.5) is 0 Å². The normalized spacial score (nSPS) is 11.7. The maximum atomic E-state index is 12.8. The van der Waals surface area contributed by atoms with E-state index in [9.17, 15) is 8.42 Å². The molecular weight excluding hydrogens is 412 g/mol. The van der Waals surface area contributed by atoms with Gasteiger partial charge < -0.3 is 8.94 Å². The van der Waals surface area contributed by atoms with Crippen LogP contribution in [0.1, 0.15) is 16.9 Å². The molecular formula is C21H17ClN2O4S. The minimum absolute atomic E-state index is 0.162. The van der Waals surface area contributed by atoms with Crippen LogP contribution in [0.2, 0.25) is 5.02 Å². The number of rotatable bonds is 5. The van der Waals surface area contributed by atoms with Gasteiger partial charge in [0.05, 0.1) is 4.90 Å². The fourth-order valence-corrected chi connectivity index (χ4v) is 4.75. The molecule has 4 rings (SSSR count). The predicted octanol–water partition coefficient (Wildman–Crippen LogP) is 5.24. The molecule has 6 nitrogen and oxygen atoms in total. The number of sulfone groups is 1. The van der Waals surface area contributed by atoms with E-state index in [4.69, 9.17) is 20.5 Å². The van der Waals surface area contributed by atoms with E-state index in [-0.39, 0.29) is 11.6 Å². The van der Waals surface area contributed by atoms with E-state index in [1.54, 1.807) is 49.4 Å². The first kappa shape index (κ1) is 19.4. The molecule has 0 aliphatic rings. The lowest BCUT2D eigenvalue weighted by Gasteiger charge is -2.07. The van der Waals surface area contributed by atoms with Gasteiger partial charge in [0.25, 0.3) is 5.89 Å². The molecule has 148 valence electrons. The van der Waals surface area contributed by atoms with Gasteiger partial charge >= 0.3 is 0 Å². The quantitative estimate of drug-likeness (QED) is 0.432. The Morgan fingerprint density at radius 1 is 1.03 bits per heavy atom. The van der Waals surface area contributed by atoms with Crippen molar-refractivity contribution in [2.45, 2.75) is 24.5 Å². The minimum atomic E-state index is -3.55. The van der Waals surface area contributed by atoms with Gasteiger partial charge in [0.15, 0.2) is 15.6 Å². The molecule has 0 spiro atoms. The second kappa shape index (κ2) is 7.50. The number of hydrogen-bond acceptors (Lipinski definition) is 6. The third-order valence-corrected chi connectivity index (χ3v) is 6.41. The van der Waals surface area contributed by atoms with Gasteiger partial charge in [0.2, 0.25) is 5.82 Å². The third kappa shape index (κ3) is 4.11. The Bertz CT molecular complexity index is 1290. The molecule has 0 N–H and O–H groups in total. The summed E-state index contributed by atoms with van der Waals surface area (Å²) in [5.41, 5.74) is 2.42. The molecule has 0 aliphatic carbocycles. The molecule has 0 amide bonds. The highest BCUT2D eigenvalue weighted by Gasteiger charge is 2.21. The van der Waals surface area contributed by atoms with Crippen molar-refractivity contribution in [3.63, 3.8) is 0 Å².